The lowest BCUT2D eigenvalue weighted by Gasteiger charge is -2.28. The van der Waals surface area contributed by atoms with Gasteiger partial charge in [-0.25, -0.2) is 4.79 Å². The van der Waals surface area contributed by atoms with Crippen LogP contribution in [0.3, 0.4) is 0 Å². The predicted octanol–water partition coefficient (Wildman–Crippen LogP) is 4.17. The van der Waals surface area contributed by atoms with Crippen molar-refractivity contribution in [2.24, 2.45) is 5.92 Å². The molecule has 0 unspecified atom stereocenters. The molecule has 0 bridgehead atoms. The van der Waals surface area contributed by atoms with Crippen molar-refractivity contribution in [1.82, 2.24) is 4.90 Å². The summed E-state index contributed by atoms with van der Waals surface area (Å²) in [5.74, 6) is 0.158. The molecule has 1 aliphatic carbocycles. The molecule has 0 saturated carbocycles. The van der Waals surface area contributed by atoms with E-state index >= 15 is 0 Å². The first kappa shape index (κ1) is 15.7. The summed E-state index contributed by atoms with van der Waals surface area (Å²) < 4.78 is 5.65. The lowest BCUT2D eigenvalue weighted by molar-refractivity contribution is 0.0892. The van der Waals surface area contributed by atoms with Crippen LogP contribution in [0.1, 0.15) is 29.9 Å². The highest BCUT2D eigenvalue weighted by molar-refractivity contribution is 5.79. The maximum Gasteiger partial charge on any atom is 0.409 e. The molecule has 4 rings (SSSR count). The molecule has 4 nitrogen and oxygen atoms in total. The number of ether oxygens (including phenoxy) is 1. The van der Waals surface area contributed by atoms with Crippen LogP contribution in [-0.2, 0) is 4.74 Å². The molecule has 0 atom stereocenters. The molecule has 126 valence electrons. The lowest BCUT2D eigenvalue weighted by Crippen LogP contribution is -2.39. The van der Waals surface area contributed by atoms with Crippen LogP contribution in [0.15, 0.2) is 48.5 Å². The number of nitrogens with zero attached hydrogens (tertiary/aromatic N) is 2. The number of fused-ring (bicyclic) bond motifs is 3. The van der Waals surface area contributed by atoms with Gasteiger partial charge in [-0.3, -0.25) is 0 Å². The summed E-state index contributed by atoms with van der Waals surface area (Å²) in [6, 6.07) is 18.9. The molecule has 25 heavy (non-hydrogen) atoms. The highest BCUT2D eigenvalue weighted by Crippen LogP contribution is 2.44. The third-order valence-electron chi connectivity index (χ3n) is 5.27. The third kappa shape index (κ3) is 2.87. The van der Waals surface area contributed by atoms with Crippen molar-refractivity contribution in [3.63, 3.8) is 0 Å². The second kappa shape index (κ2) is 6.60. The van der Waals surface area contributed by atoms with E-state index in [0.29, 0.717) is 19.7 Å². The minimum atomic E-state index is -0.266. The molecule has 0 spiro atoms. The van der Waals surface area contributed by atoms with Crippen LogP contribution >= 0.6 is 0 Å². The van der Waals surface area contributed by atoms with Gasteiger partial charge in [-0.05, 0) is 35.1 Å². The Hall–Kier alpha value is -2.80. The largest absolute Gasteiger partial charge is 0.448 e. The number of piperidine rings is 1. The smallest absolute Gasteiger partial charge is 0.409 e. The Kier molecular flexibility index (Phi) is 4.15. The second-order valence-electron chi connectivity index (χ2n) is 6.69. The first-order chi connectivity index (χ1) is 12.3. The van der Waals surface area contributed by atoms with Gasteiger partial charge in [-0.1, -0.05) is 48.5 Å². The molecule has 1 saturated heterocycles. The van der Waals surface area contributed by atoms with Crippen molar-refractivity contribution >= 4 is 6.09 Å². The number of hydrogen-bond donors (Lipinski definition) is 0. The van der Waals surface area contributed by atoms with E-state index in [1.54, 1.807) is 4.90 Å². The maximum absolute atomic E-state index is 12.4. The van der Waals surface area contributed by atoms with Gasteiger partial charge in [0, 0.05) is 24.9 Å². The van der Waals surface area contributed by atoms with Gasteiger partial charge in [-0.2, -0.15) is 5.26 Å². The number of carbonyl (C=O) groups excluding carboxylic acids is 1. The van der Waals surface area contributed by atoms with Crippen LogP contribution in [0.4, 0.5) is 4.79 Å². The number of benzene rings is 2. The van der Waals surface area contributed by atoms with Crippen LogP contribution in [0.5, 0.6) is 0 Å². The van der Waals surface area contributed by atoms with E-state index in [1.807, 2.05) is 24.3 Å². The van der Waals surface area contributed by atoms with E-state index in [1.165, 1.54) is 22.3 Å². The van der Waals surface area contributed by atoms with Gasteiger partial charge in [0.25, 0.3) is 0 Å². The van der Waals surface area contributed by atoms with Gasteiger partial charge >= 0.3 is 6.09 Å². The zero-order valence-electron chi connectivity index (χ0n) is 14.0. The number of rotatable bonds is 2. The molecule has 0 aromatic heterocycles. The number of carbonyl (C=O) groups is 1. The van der Waals surface area contributed by atoms with Crippen molar-refractivity contribution in [2.75, 3.05) is 19.7 Å². The van der Waals surface area contributed by atoms with Gasteiger partial charge in [0.2, 0.25) is 0 Å². The minimum absolute atomic E-state index is 0.0673. The van der Waals surface area contributed by atoms with Crippen molar-refractivity contribution in [1.29, 1.82) is 5.26 Å². The van der Waals surface area contributed by atoms with Crippen molar-refractivity contribution in [3.8, 4) is 17.2 Å². The van der Waals surface area contributed by atoms with Gasteiger partial charge in [0.05, 0.1) is 6.07 Å². The zero-order valence-corrected chi connectivity index (χ0v) is 14.0. The summed E-state index contributed by atoms with van der Waals surface area (Å²) in [5.41, 5.74) is 4.90. The standard InChI is InChI=1S/C21H20N2O2/c22-13-15-9-11-23(12-10-15)21(24)25-14-20-18-7-3-1-5-16(18)17-6-2-4-8-19(17)20/h1-8,15,20H,9-12,14H2. The number of amides is 1. The Morgan fingerprint density at radius 1 is 1.04 bits per heavy atom. The number of likely N-dealkylation sites (tertiary alicyclic amines) is 1. The SMILES string of the molecule is N#CC1CCN(C(=O)OCC2c3ccccc3-c3ccccc32)CC1. The highest BCUT2D eigenvalue weighted by atomic mass is 16.6. The van der Waals surface area contributed by atoms with E-state index in [0.717, 1.165) is 12.8 Å². The van der Waals surface area contributed by atoms with Crippen molar-refractivity contribution < 1.29 is 9.53 Å². The first-order valence-corrected chi connectivity index (χ1v) is 8.77. The van der Waals surface area contributed by atoms with E-state index in [9.17, 15) is 4.79 Å². The van der Waals surface area contributed by atoms with Crippen molar-refractivity contribution in [3.05, 3.63) is 59.7 Å². The molecule has 1 aliphatic heterocycles. The van der Waals surface area contributed by atoms with E-state index in [-0.39, 0.29) is 17.9 Å². The lowest BCUT2D eigenvalue weighted by atomic mass is 9.98. The third-order valence-corrected chi connectivity index (χ3v) is 5.27. The fourth-order valence-electron chi connectivity index (χ4n) is 3.88. The summed E-state index contributed by atoms with van der Waals surface area (Å²) in [5, 5.41) is 8.96. The monoisotopic (exact) mass is 332 g/mol. The summed E-state index contributed by atoms with van der Waals surface area (Å²) in [6.07, 6.45) is 1.21. The van der Waals surface area contributed by atoms with Gasteiger partial charge in [-0.15, -0.1) is 0 Å². The van der Waals surface area contributed by atoms with Gasteiger partial charge < -0.3 is 9.64 Å². The van der Waals surface area contributed by atoms with Crippen LogP contribution < -0.4 is 0 Å². The van der Waals surface area contributed by atoms with Crippen LogP contribution in [0, 0.1) is 17.2 Å². The Bertz CT molecular complexity index is 786. The average Bonchev–Trinajstić information content (AvgIpc) is 3.00. The molecule has 2 aliphatic rings. The highest BCUT2D eigenvalue weighted by Gasteiger charge is 2.30. The maximum atomic E-state index is 12.4. The van der Waals surface area contributed by atoms with Crippen LogP contribution in [-0.4, -0.2) is 30.7 Å². The number of hydrogen-bond acceptors (Lipinski definition) is 3. The second-order valence-corrected chi connectivity index (χ2v) is 6.69. The van der Waals surface area contributed by atoms with E-state index in [4.69, 9.17) is 10.00 Å². The molecule has 0 N–H and O–H groups in total. The summed E-state index contributed by atoms with van der Waals surface area (Å²) in [7, 11) is 0. The molecular formula is C21H20N2O2. The molecule has 4 heteroatoms. The van der Waals surface area contributed by atoms with Crippen LogP contribution in [0.2, 0.25) is 0 Å². The van der Waals surface area contributed by atoms with E-state index in [2.05, 4.69) is 30.3 Å². The Morgan fingerprint density at radius 2 is 1.60 bits per heavy atom. The Balaban J connectivity index is 1.47. The molecule has 1 amide bonds. The fourth-order valence-corrected chi connectivity index (χ4v) is 3.88. The summed E-state index contributed by atoms with van der Waals surface area (Å²) in [4.78, 5) is 14.1. The summed E-state index contributed by atoms with van der Waals surface area (Å²) >= 11 is 0. The Morgan fingerprint density at radius 3 is 2.16 bits per heavy atom. The average molecular weight is 332 g/mol. The topological polar surface area (TPSA) is 53.3 Å². The normalized spacial score (nSPS) is 16.8. The molecule has 1 heterocycles. The van der Waals surface area contributed by atoms with Gasteiger partial charge in [0.1, 0.15) is 6.61 Å². The zero-order chi connectivity index (χ0) is 17.2. The van der Waals surface area contributed by atoms with Crippen molar-refractivity contribution in [2.45, 2.75) is 18.8 Å². The summed E-state index contributed by atoms with van der Waals surface area (Å²) in [6.45, 7) is 1.56. The Labute approximate surface area is 147 Å². The van der Waals surface area contributed by atoms with Gasteiger partial charge in [0.15, 0.2) is 0 Å². The fraction of sp³-hybridized carbons (Fsp3) is 0.333. The quantitative estimate of drug-likeness (QED) is 0.829. The van der Waals surface area contributed by atoms with Crippen LogP contribution in [0.25, 0.3) is 11.1 Å². The predicted molar refractivity (Wildman–Crippen MR) is 95.0 cm³/mol. The molecular weight excluding hydrogens is 312 g/mol. The molecule has 1 fully saturated rings. The minimum Gasteiger partial charge on any atom is -0.448 e. The van der Waals surface area contributed by atoms with E-state index < -0.39 is 0 Å². The molecule has 2 aromatic carbocycles. The number of nitriles is 1. The first-order valence-electron chi connectivity index (χ1n) is 8.77. The molecule has 2 aromatic rings. The molecule has 0 radical (unpaired) electrons.